The van der Waals surface area contributed by atoms with Gasteiger partial charge in [-0.2, -0.15) is 0 Å². The molecule has 1 aromatic carbocycles. The first-order valence-corrected chi connectivity index (χ1v) is 12.0. The smallest absolute Gasteiger partial charge is 0.339 e. The number of aromatic carboxylic acids is 1. The number of nitrogens with one attached hydrogen (secondary N) is 4. The molecular weight excluding hydrogens is 490 g/mol. The maximum Gasteiger partial charge on any atom is 0.339 e. The van der Waals surface area contributed by atoms with Crippen LogP contribution in [0.5, 0.6) is 5.75 Å². The first-order valence-electron chi connectivity index (χ1n) is 12.0. The van der Waals surface area contributed by atoms with Crippen LogP contribution in [0.4, 0.5) is 5.69 Å². The van der Waals surface area contributed by atoms with Gasteiger partial charge >= 0.3 is 5.97 Å². The lowest BCUT2D eigenvalue weighted by molar-refractivity contribution is -0.118. The fourth-order valence-electron chi connectivity index (χ4n) is 4.35. The Morgan fingerprint density at radius 2 is 2.00 bits per heavy atom. The zero-order valence-corrected chi connectivity index (χ0v) is 20.2. The largest absolute Gasteiger partial charge is 0.482 e. The predicted octanol–water partition coefficient (Wildman–Crippen LogP) is 2.42. The average Bonchev–Trinajstić information content (AvgIpc) is 3.63. The number of pyridine rings is 1. The minimum absolute atomic E-state index is 0.0265. The topological polar surface area (TPSA) is 171 Å². The van der Waals surface area contributed by atoms with Gasteiger partial charge in [-0.25, -0.2) is 14.8 Å². The van der Waals surface area contributed by atoms with Crippen LogP contribution in [0.3, 0.4) is 0 Å². The quantitative estimate of drug-likeness (QED) is 0.268. The zero-order valence-electron chi connectivity index (χ0n) is 20.2. The number of fused-ring (bicyclic) bond motifs is 2. The Kier molecular flexibility index (Phi) is 7.22. The van der Waals surface area contributed by atoms with Gasteiger partial charge in [-0.15, -0.1) is 0 Å². The normalized spacial score (nSPS) is 16.0. The van der Waals surface area contributed by atoms with Crippen LogP contribution in [-0.4, -0.2) is 56.0 Å². The van der Waals surface area contributed by atoms with E-state index in [1.165, 1.54) is 24.6 Å². The van der Waals surface area contributed by atoms with Gasteiger partial charge in [0.25, 0.3) is 11.8 Å². The lowest BCUT2D eigenvalue weighted by Gasteiger charge is -2.18. The Labute approximate surface area is 216 Å². The third-order valence-corrected chi connectivity index (χ3v) is 6.21. The van der Waals surface area contributed by atoms with Crippen LogP contribution in [0.1, 0.15) is 50.9 Å². The molecule has 2 amide bonds. The lowest BCUT2D eigenvalue weighted by Crippen LogP contribution is -2.26. The van der Waals surface area contributed by atoms with Crippen molar-refractivity contribution in [1.29, 1.82) is 0 Å². The molecule has 3 aromatic heterocycles. The average molecular weight is 516 g/mol. The van der Waals surface area contributed by atoms with Gasteiger partial charge in [-0.1, -0.05) is 6.07 Å². The van der Waals surface area contributed by atoms with E-state index in [2.05, 4.69) is 48.0 Å². The van der Waals surface area contributed by atoms with Crippen molar-refractivity contribution < 1.29 is 24.2 Å². The molecule has 38 heavy (non-hydrogen) atoms. The highest BCUT2D eigenvalue weighted by Gasteiger charge is 2.20. The molecule has 0 bridgehead atoms. The number of benzene rings is 1. The van der Waals surface area contributed by atoms with Crippen molar-refractivity contribution in [3.63, 3.8) is 0 Å². The molecule has 2 aliphatic heterocycles. The van der Waals surface area contributed by atoms with Crippen LogP contribution in [0.15, 0.2) is 55.2 Å². The molecule has 2 aliphatic rings. The maximum absolute atomic E-state index is 12.5. The van der Waals surface area contributed by atoms with E-state index in [0.29, 0.717) is 17.5 Å². The maximum atomic E-state index is 12.5. The summed E-state index contributed by atoms with van der Waals surface area (Å²) in [5.41, 5.74) is 3.08. The van der Waals surface area contributed by atoms with E-state index in [-0.39, 0.29) is 41.3 Å². The van der Waals surface area contributed by atoms with Gasteiger partial charge in [0.15, 0.2) is 12.3 Å². The zero-order chi connectivity index (χ0) is 26.5. The molecule has 12 nitrogen and oxygen atoms in total. The summed E-state index contributed by atoms with van der Waals surface area (Å²) in [6.07, 6.45) is 8.69. The second-order valence-corrected chi connectivity index (χ2v) is 8.73. The number of ether oxygens (including phenoxy) is 1. The highest BCUT2D eigenvalue weighted by molar-refractivity contribution is 6.08. The van der Waals surface area contributed by atoms with Crippen LogP contribution in [0, 0.1) is 0 Å². The number of aromatic amines is 1. The third kappa shape index (κ3) is 5.44. The summed E-state index contributed by atoms with van der Waals surface area (Å²) in [6, 6.07) is 9.94. The SMILES string of the molecule is O=C1COc2ccc(CNC(=O)c3ncnc4c(C(=O)O)c[nH]c34)cc2N1.c1cc(C2CCCN2)ccn1. The molecular formula is C26H25N7O5. The second-order valence-electron chi connectivity index (χ2n) is 8.73. The van der Waals surface area contributed by atoms with E-state index in [1.54, 1.807) is 18.2 Å². The van der Waals surface area contributed by atoms with Crippen LogP contribution >= 0.6 is 0 Å². The molecule has 0 saturated carbocycles. The number of amides is 2. The summed E-state index contributed by atoms with van der Waals surface area (Å²) in [5.74, 6) is -1.31. The van der Waals surface area contributed by atoms with Gasteiger partial charge in [-0.05, 0) is 54.8 Å². The number of hydrogen-bond acceptors (Lipinski definition) is 8. The number of nitrogens with zero attached hydrogens (tertiary/aromatic N) is 3. The number of rotatable bonds is 5. The fourth-order valence-corrected chi connectivity index (χ4v) is 4.35. The lowest BCUT2D eigenvalue weighted by atomic mass is 10.1. The summed E-state index contributed by atoms with van der Waals surface area (Å²) < 4.78 is 5.29. The number of hydrogen-bond donors (Lipinski definition) is 5. The molecule has 5 heterocycles. The van der Waals surface area contributed by atoms with Crippen LogP contribution in [-0.2, 0) is 11.3 Å². The summed E-state index contributed by atoms with van der Waals surface area (Å²) in [5, 5.41) is 18.0. The minimum atomic E-state index is -1.15. The molecule has 6 rings (SSSR count). The van der Waals surface area contributed by atoms with Gasteiger partial charge in [-0.3, -0.25) is 14.6 Å². The van der Waals surface area contributed by atoms with E-state index >= 15 is 0 Å². The number of aromatic nitrogens is 4. The third-order valence-electron chi connectivity index (χ3n) is 6.21. The van der Waals surface area contributed by atoms with Gasteiger partial charge in [0.05, 0.1) is 11.2 Å². The Morgan fingerprint density at radius 3 is 2.76 bits per heavy atom. The standard InChI is InChI=1S/C17H13N5O5.C9H12N2/c23-12-6-27-11-2-1-8(3-10(11)22-12)4-19-16(24)15-14-13(20-7-21-15)9(5-18-14)17(25)26;1-2-9(11-5-1)8-3-6-10-7-4-8/h1-3,5,7,18H,4,6H2,(H,19,24)(H,22,23)(H,25,26);3-4,6-7,9,11H,1-2,5H2. The molecule has 194 valence electrons. The van der Waals surface area contributed by atoms with Crippen molar-refractivity contribution in [2.45, 2.75) is 25.4 Å². The highest BCUT2D eigenvalue weighted by Crippen LogP contribution is 2.28. The van der Waals surface area contributed by atoms with Gasteiger partial charge in [0, 0.05) is 31.2 Å². The predicted molar refractivity (Wildman–Crippen MR) is 137 cm³/mol. The number of anilines is 1. The second kappa shape index (κ2) is 11.0. The van der Waals surface area contributed by atoms with E-state index in [4.69, 9.17) is 9.84 Å². The molecule has 5 N–H and O–H groups in total. The molecule has 0 radical (unpaired) electrons. The molecule has 0 aliphatic carbocycles. The minimum Gasteiger partial charge on any atom is -0.482 e. The highest BCUT2D eigenvalue weighted by atomic mass is 16.5. The monoisotopic (exact) mass is 515 g/mol. The van der Waals surface area contributed by atoms with Crippen LogP contribution in [0.25, 0.3) is 11.0 Å². The summed E-state index contributed by atoms with van der Waals surface area (Å²) >= 11 is 0. The van der Waals surface area contributed by atoms with Crippen LogP contribution in [0.2, 0.25) is 0 Å². The Hall–Kier alpha value is -4.84. The van der Waals surface area contributed by atoms with Crippen molar-refractivity contribution in [2.24, 2.45) is 0 Å². The fraction of sp³-hybridized carbons (Fsp3) is 0.231. The van der Waals surface area contributed by atoms with Crippen molar-refractivity contribution in [2.75, 3.05) is 18.5 Å². The van der Waals surface area contributed by atoms with Gasteiger partial charge < -0.3 is 30.8 Å². The number of carboxylic acid groups (broad SMARTS) is 1. The summed E-state index contributed by atoms with van der Waals surface area (Å²) in [4.78, 5) is 49.7. The summed E-state index contributed by atoms with van der Waals surface area (Å²) in [7, 11) is 0. The van der Waals surface area contributed by atoms with Crippen molar-refractivity contribution in [1.82, 2.24) is 30.6 Å². The van der Waals surface area contributed by atoms with Crippen molar-refractivity contribution in [3.8, 4) is 5.75 Å². The van der Waals surface area contributed by atoms with E-state index in [1.807, 2.05) is 12.4 Å². The van der Waals surface area contributed by atoms with E-state index < -0.39 is 11.9 Å². The molecule has 1 saturated heterocycles. The molecule has 4 aromatic rings. The van der Waals surface area contributed by atoms with E-state index in [9.17, 15) is 14.4 Å². The first-order chi connectivity index (χ1) is 18.5. The number of carboxylic acids is 1. The summed E-state index contributed by atoms with van der Waals surface area (Å²) in [6.45, 7) is 1.31. The van der Waals surface area contributed by atoms with E-state index in [0.717, 1.165) is 18.4 Å². The Balaban J connectivity index is 0.000000222. The Bertz CT molecular complexity index is 1480. The van der Waals surface area contributed by atoms with Crippen molar-refractivity contribution >= 4 is 34.5 Å². The van der Waals surface area contributed by atoms with Crippen LogP contribution < -0.4 is 20.7 Å². The molecule has 1 unspecified atom stereocenters. The molecule has 1 fully saturated rings. The van der Waals surface area contributed by atoms with Gasteiger partial charge in [0.2, 0.25) is 0 Å². The number of H-pyrrole nitrogens is 1. The number of carbonyl (C=O) groups is 3. The number of carbonyl (C=O) groups excluding carboxylic acids is 2. The Morgan fingerprint density at radius 1 is 1.16 bits per heavy atom. The van der Waals surface area contributed by atoms with Crippen molar-refractivity contribution in [3.05, 3.63) is 77.6 Å². The molecule has 1 atom stereocenters. The first kappa shape index (κ1) is 24.8. The molecule has 0 spiro atoms. The molecule has 12 heteroatoms. The van der Waals surface area contributed by atoms with Gasteiger partial charge in [0.1, 0.15) is 23.2 Å².